The smallest absolute Gasteiger partial charge is 0.312 e. The normalized spacial score (nSPS) is 11.2. The Morgan fingerprint density at radius 2 is 2.11 bits per heavy atom. The zero-order valence-electron chi connectivity index (χ0n) is 9.69. The Morgan fingerprint density at radius 1 is 1.26 bits per heavy atom. The van der Waals surface area contributed by atoms with Crippen LogP contribution in [0.25, 0.3) is 11.5 Å². The molecule has 94 valence electrons. The molecule has 7 heteroatoms. The Balaban J connectivity index is 1.90. The van der Waals surface area contributed by atoms with E-state index >= 15 is 0 Å². The zero-order valence-corrected chi connectivity index (χ0v) is 9.69. The molecular formula is C12H9N5O2. The number of aliphatic imine (C=N–C) groups is 1. The topological polar surface area (TPSA) is 100 Å². The first-order chi connectivity index (χ1) is 9.33. The van der Waals surface area contributed by atoms with Gasteiger partial charge in [0.1, 0.15) is 6.33 Å². The van der Waals surface area contributed by atoms with Crippen molar-refractivity contribution in [3.05, 3.63) is 42.4 Å². The van der Waals surface area contributed by atoms with Crippen LogP contribution >= 0.6 is 0 Å². The van der Waals surface area contributed by atoms with Crippen molar-refractivity contribution in [1.82, 2.24) is 20.2 Å². The van der Waals surface area contributed by atoms with Crippen LogP contribution in [0.2, 0.25) is 0 Å². The van der Waals surface area contributed by atoms with Crippen LogP contribution < -0.4 is 0 Å². The van der Waals surface area contributed by atoms with Gasteiger partial charge in [-0.1, -0.05) is 18.2 Å². The lowest BCUT2D eigenvalue weighted by atomic mass is 10.2. The molecule has 2 aromatic heterocycles. The molecule has 0 aliphatic carbocycles. The number of benzene rings is 1. The molecule has 2 N–H and O–H groups in total. The summed E-state index contributed by atoms with van der Waals surface area (Å²) in [5.41, 5.74) is 1.01. The number of aromatic amines is 1. The molecule has 0 atom stereocenters. The van der Waals surface area contributed by atoms with E-state index in [4.69, 9.17) is 4.42 Å². The molecule has 0 saturated carbocycles. The second kappa shape index (κ2) is 4.73. The van der Waals surface area contributed by atoms with Crippen LogP contribution in [0.3, 0.4) is 0 Å². The van der Waals surface area contributed by atoms with Crippen molar-refractivity contribution in [1.29, 1.82) is 0 Å². The van der Waals surface area contributed by atoms with Gasteiger partial charge in [0.15, 0.2) is 5.69 Å². The van der Waals surface area contributed by atoms with Gasteiger partial charge in [-0.25, -0.2) is 15.1 Å². The van der Waals surface area contributed by atoms with Crippen LogP contribution in [0.5, 0.6) is 5.95 Å². The quantitative estimate of drug-likeness (QED) is 0.696. The first-order valence-electron chi connectivity index (χ1n) is 5.47. The highest BCUT2D eigenvalue weighted by Crippen LogP contribution is 2.25. The molecule has 0 amide bonds. The van der Waals surface area contributed by atoms with E-state index in [-0.39, 0.29) is 11.6 Å². The number of nitrogens with one attached hydrogen (secondary N) is 1. The molecule has 19 heavy (non-hydrogen) atoms. The SMILES string of the molecule is Oc1oc(-c2ccccc2)nc1C=Nc1ncn[nH]1. The number of nitrogens with zero attached hydrogens (tertiary/aromatic N) is 4. The Bertz CT molecular complexity index is 688. The summed E-state index contributed by atoms with van der Waals surface area (Å²) in [7, 11) is 0. The molecule has 3 rings (SSSR count). The first-order valence-corrected chi connectivity index (χ1v) is 5.47. The summed E-state index contributed by atoms with van der Waals surface area (Å²) in [5, 5.41) is 15.9. The molecule has 0 aliphatic heterocycles. The second-order valence-corrected chi connectivity index (χ2v) is 3.64. The number of aromatic hydroxyl groups is 1. The highest BCUT2D eigenvalue weighted by atomic mass is 16.5. The highest BCUT2D eigenvalue weighted by molar-refractivity contribution is 5.82. The summed E-state index contributed by atoms with van der Waals surface area (Å²) in [6.45, 7) is 0. The van der Waals surface area contributed by atoms with Crippen molar-refractivity contribution in [3.63, 3.8) is 0 Å². The Morgan fingerprint density at radius 3 is 2.84 bits per heavy atom. The highest BCUT2D eigenvalue weighted by Gasteiger charge is 2.11. The summed E-state index contributed by atoms with van der Waals surface area (Å²) in [5.74, 6) is 0.364. The van der Waals surface area contributed by atoms with Gasteiger partial charge in [-0.2, -0.15) is 10.1 Å². The summed E-state index contributed by atoms with van der Waals surface area (Å²) >= 11 is 0. The number of aromatic nitrogens is 4. The monoisotopic (exact) mass is 255 g/mol. The van der Waals surface area contributed by atoms with Gasteiger partial charge in [-0.05, 0) is 12.1 Å². The third-order valence-electron chi connectivity index (χ3n) is 2.37. The van der Waals surface area contributed by atoms with Crippen LogP contribution in [0.1, 0.15) is 5.69 Å². The maximum atomic E-state index is 9.65. The molecule has 0 aliphatic rings. The van der Waals surface area contributed by atoms with Crippen molar-refractivity contribution in [2.24, 2.45) is 4.99 Å². The number of rotatable bonds is 3. The largest absolute Gasteiger partial charge is 0.479 e. The van der Waals surface area contributed by atoms with E-state index in [1.54, 1.807) is 0 Å². The molecule has 0 unspecified atom stereocenters. The molecule has 2 heterocycles. The summed E-state index contributed by atoms with van der Waals surface area (Å²) in [6.07, 6.45) is 2.69. The van der Waals surface area contributed by atoms with Gasteiger partial charge < -0.3 is 9.52 Å². The van der Waals surface area contributed by atoms with Crippen LogP contribution in [0.4, 0.5) is 5.95 Å². The van der Waals surface area contributed by atoms with Crippen molar-refractivity contribution < 1.29 is 9.52 Å². The van der Waals surface area contributed by atoms with Crippen LogP contribution in [0, 0.1) is 0 Å². The van der Waals surface area contributed by atoms with E-state index in [0.29, 0.717) is 11.8 Å². The Hall–Kier alpha value is -2.96. The fraction of sp³-hybridized carbons (Fsp3) is 0. The maximum absolute atomic E-state index is 9.65. The minimum atomic E-state index is -0.290. The number of oxazole rings is 1. The van der Waals surface area contributed by atoms with Gasteiger partial charge in [0.05, 0.1) is 6.21 Å². The fourth-order valence-electron chi connectivity index (χ4n) is 1.50. The molecule has 7 nitrogen and oxygen atoms in total. The van der Waals surface area contributed by atoms with E-state index in [2.05, 4.69) is 25.2 Å². The molecule has 0 bridgehead atoms. The third kappa shape index (κ3) is 2.34. The minimum Gasteiger partial charge on any atom is -0.479 e. The van der Waals surface area contributed by atoms with Gasteiger partial charge in [0, 0.05) is 5.56 Å². The summed E-state index contributed by atoms with van der Waals surface area (Å²) in [4.78, 5) is 11.9. The number of hydrogen-bond acceptors (Lipinski definition) is 6. The van der Waals surface area contributed by atoms with Gasteiger partial charge in [-0.3, -0.25) is 0 Å². The van der Waals surface area contributed by atoms with Crippen molar-refractivity contribution in [2.45, 2.75) is 0 Å². The van der Waals surface area contributed by atoms with E-state index in [1.807, 2.05) is 30.3 Å². The molecule has 0 spiro atoms. The average molecular weight is 255 g/mol. The first kappa shape index (κ1) is 11.1. The average Bonchev–Trinajstić information content (AvgIpc) is 3.07. The number of hydrogen-bond donors (Lipinski definition) is 2. The maximum Gasteiger partial charge on any atom is 0.312 e. The predicted octanol–water partition coefficient (Wildman–Crippen LogP) is 1.92. The Labute approximate surface area is 107 Å². The van der Waals surface area contributed by atoms with E-state index in [0.717, 1.165) is 5.56 Å². The second-order valence-electron chi connectivity index (χ2n) is 3.64. The van der Waals surface area contributed by atoms with Crippen LogP contribution in [-0.2, 0) is 0 Å². The van der Waals surface area contributed by atoms with E-state index < -0.39 is 0 Å². The van der Waals surface area contributed by atoms with E-state index in [9.17, 15) is 5.11 Å². The lowest BCUT2D eigenvalue weighted by molar-refractivity contribution is 0.337. The summed E-state index contributed by atoms with van der Waals surface area (Å²) in [6, 6.07) is 9.28. The van der Waals surface area contributed by atoms with Crippen LogP contribution in [0.15, 0.2) is 46.1 Å². The van der Waals surface area contributed by atoms with Gasteiger partial charge in [0.25, 0.3) is 0 Å². The molecule has 1 aromatic carbocycles. The predicted molar refractivity (Wildman–Crippen MR) is 67.2 cm³/mol. The third-order valence-corrected chi connectivity index (χ3v) is 2.37. The Kier molecular flexibility index (Phi) is 2.77. The van der Waals surface area contributed by atoms with Crippen molar-refractivity contribution >= 4 is 12.2 Å². The lowest BCUT2D eigenvalue weighted by Crippen LogP contribution is -1.83. The number of H-pyrrole nitrogens is 1. The van der Waals surface area contributed by atoms with Gasteiger partial charge in [-0.15, -0.1) is 0 Å². The van der Waals surface area contributed by atoms with Crippen molar-refractivity contribution in [2.75, 3.05) is 0 Å². The van der Waals surface area contributed by atoms with Crippen molar-refractivity contribution in [3.8, 4) is 17.4 Å². The summed E-state index contributed by atoms with van der Waals surface area (Å²) < 4.78 is 5.18. The molecule has 3 aromatic rings. The van der Waals surface area contributed by atoms with Gasteiger partial charge >= 0.3 is 5.95 Å². The molecule has 0 saturated heterocycles. The fourth-order valence-corrected chi connectivity index (χ4v) is 1.50. The minimum absolute atomic E-state index is 0.232. The molecule has 0 radical (unpaired) electrons. The van der Waals surface area contributed by atoms with E-state index in [1.165, 1.54) is 12.5 Å². The zero-order chi connectivity index (χ0) is 13.1. The van der Waals surface area contributed by atoms with Gasteiger partial charge in [0.2, 0.25) is 11.8 Å². The van der Waals surface area contributed by atoms with Crippen LogP contribution in [-0.4, -0.2) is 31.5 Å². The standard InChI is InChI=1S/C12H9N5O2/c18-11-9(6-13-12-14-7-15-17-12)16-10(19-11)8-4-2-1-3-5-8/h1-7,18H,(H,14,15,17). The molecular weight excluding hydrogens is 246 g/mol. The lowest BCUT2D eigenvalue weighted by Gasteiger charge is -1.91. The molecule has 0 fully saturated rings.